The molecule has 2 fully saturated rings. The number of pyridine rings is 1. The fourth-order valence-electron chi connectivity index (χ4n) is 3.90. The average Bonchev–Trinajstić information content (AvgIpc) is 3.24. The second kappa shape index (κ2) is 6.32. The van der Waals surface area contributed by atoms with Gasteiger partial charge in [0.2, 0.25) is 5.91 Å². The zero-order valence-electron chi connectivity index (χ0n) is 13.3. The third-order valence-electron chi connectivity index (χ3n) is 5.23. The third kappa shape index (κ3) is 3.11. The molecule has 4 rings (SSSR count). The number of ether oxygens (including phenoxy) is 1. The van der Waals surface area contributed by atoms with Gasteiger partial charge in [0.1, 0.15) is 5.82 Å². The van der Waals surface area contributed by atoms with E-state index >= 15 is 0 Å². The van der Waals surface area contributed by atoms with Crippen molar-refractivity contribution < 1.29 is 9.53 Å². The normalized spacial score (nSPS) is 29.0. The number of allylic oxidation sites excluding steroid dienone is 2. The quantitative estimate of drug-likeness (QED) is 0.861. The highest BCUT2D eigenvalue weighted by Crippen LogP contribution is 2.43. The largest absolute Gasteiger partial charge is 0.378 e. The number of carbonyl (C=O) groups excluding carboxylic acids is 1. The van der Waals surface area contributed by atoms with Gasteiger partial charge >= 0.3 is 0 Å². The van der Waals surface area contributed by atoms with Crippen LogP contribution in [0.1, 0.15) is 18.4 Å². The van der Waals surface area contributed by atoms with Crippen molar-refractivity contribution >= 4 is 11.7 Å². The maximum Gasteiger partial charge on any atom is 0.223 e. The summed E-state index contributed by atoms with van der Waals surface area (Å²) in [5.41, 5.74) is 1.05. The fraction of sp³-hybridized carbons (Fsp3) is 0.556. The summed E-state index contributed by atoms with van der Waals surface area (Å²) in [5.74, 6) is 2.44. The maximum atomic E-state index is 12.3. The first-order valence-corrected chi connectivity index (χ1v) is 8.53. The molecule has 2 heterocycles. The lowest BCUT2D eigenvalue weighted by atomic mass is 9.93. The lowest BCUT2D eigenvalue weighted by Gasteiger charge is -2.27. The van der Waals surface area contributed by atoms with Crippen molar-refractivity contribution in [3.8, 4) is 0 Å². The van der Waals surface area contributed by atoms with Gasteiger partial charge in [-0.1, -0.05) is 18.2 Å². The Balaban J connectivity index is 1.30. The molecular weight excluding hydrogens is 290 g/mol. The van der Waals surface area contributed by atoms with Crippen LogP contribution in [-0.2, 0) is 16.1 Å². The summed E-state index contributed by atoms with van der Waals surface area (Å²) in [4.78, 5) is 19.1. The molecule has 1 N–H and O–H groups in total. The monoisotopic (exact) mass is 313 g/mol. The van der Waals surface area contributed by atoms with Crippen molar-refractivity contribution in [2.24, 2.45) is 17.8 Å². The van der Waals surface area contributed by atoms with Gasteiger partial charge in [0, 0.05) is 31.7 Å². The maximum absolute atomic E-state index is 12.3. The molecule has 0 spiro atoms. The molecule has 0 radical (unpaired) electrons. The number of rotatable bonds is 4. The number of amides is 1. The molecule has 0 aromatic carbocycles. The summed E-state index contributed by atoms with van der Waals surface area (Å²) in [6.45, 7) is 3.86. The van der Waals surface area contributed by atoms with Gasteiger partial charge in [-0.05, 0) is 36.3 Å². The van der Waals surface area contributed by atoms with E-state index in [1.807, 2.05) is 12.3 Å². The first-order chi connectivity index (χ1) is 11.3. The van der Waals surface area contributed by atoms with Crippen molar-refractivity contribution in [3.63, 3.8) is 0 Å². The third-order valence-corrected chi connectivity index (χ3v) is 5.23. The summed E-state index contributed by atoms with van der Waals surface area (Å²) < 4.78 is 5.36. The van der Waals surface area contributed by atoms with Crippen LogP contribution >= 0.6 is 0 Å². The Morgan fingerprint density at radius 2 is 2.13 bits per heavy atom. The molecule has 0 unspecified atom stereocenters. The van der Waals surface area contributed by atoms with E-state index in [2.05, 4.69) is 33.4 Å². The zero-order valence-corrected chi connectivity index (χ0v) is 13.3. The van der Waals surface area contributed by atoms with E-state index in [-0.39, 0.29) is 11.8 Å². The second-order valence-electron chi connectivity index (χ2n) is 6.73. The van der Waals surface area contributed by atoms with Crippen LogP contribution < -0.4 is 10.2 Å². The Hall–Kier alpha value is -1.88. The summed E-state index contributed by atoms with van der Waals surface area (Å²) >= 11 is 0. The number of morpholine rings is 1. The second-order valence-corrected chi connectivity index (χ2v) is 6.73. The minimum atomic E-state index is 0.172. The summed E-state index contributed by atoms with van der Waals surface area (Å²) in [7, 11) is 0. The number of aromatic nitrogens is 1. The molecule has 5 nitrogen and oxygen atoms in total. The molecular formula is C18H23N3O2. The first-order valence-electron chi connectivity index (χ1n) is 8.53. The number of hydrogen-bond acceptors (Lipinski definition) is 4. The molecule has 1 aromatic heterocycles. The molecule has 122 valence electrons. The molecule has 1 amide bonds. The van der Waals surface area contributed by atoms with Gasteiger partial charge in [-0.25, -0.2) is 4.98 Å². The van der Waals surface area contributed by atoms with Crippen LogP contribution in [0.25, 0.3) is 0 Å². The molecule has 3 atom stereocenters. The van der Waals surface area contributed by atoms with Gasteiger partial charge in [-0.3, -0.25) is 4.79 Å². The molecule has 1 aromatic rings. The average molecular weight is 313 g/mol. The summed E-state index contributed by atoms with van der Waals surface area (Å²) in [5, 5.41) is 3.08. The van der Waals surface area contributed by atoms with E-state index < -0.39 is 0 Å². The van der Waals surface area contributed by atoms with Crippen LogP contribution in [0.5, 0.6) is 0 Å². The van der Waals surface area contributed by atoms with E-state index in [1.165, 1.54) is 0 Å². The summed E-state index contributed by atoms with van der Waals surface area (Å²) in [6, 6.07) is 4.09. The van der Waals surface area contributed by atoms with E-state index in [0.717, 1.165) is 50.5 Å². The SMILES string of the molecule is O=C(NCc1ccc(N2CCOCC2)nc1)[C@H]1C[C@H]2C=C[C@H]1C2. The van der Waals surface area contributed by atoms with Crippen molar-refractivity contribution in [1.29, 1.82) is 0 Å². The van der Waals surface area contributed by atoms with Gasteiger partial charge in [0.25, 0.3) is 0 Å². The number of nitrogens with zero attached hydrogens (tertiary/aromatic N) is 2. The molecule has 2 bridgehead atoms. The number of anilines is 1. The highest BCUT2D eigenvalue weighted by Gasteiger charge is 2.39. The highest BCUT2D eigenvalue weighted by atomic mass is 16.5. The predicted molar refractivity (Wildman–Crippen MR) is 88.0 cm³/mol. The number of fused-ring (bicyclic) bond motifs is 2. The molecule has 1 aliphatic heterocycles. The predicted octanol–water partition coefficient (Wildman–Crippen LogP) is 1.75. The molecule has 23 heavy (non-hydrogen) atoms. The van der Waals surface area contributed by atoms with E-state index in [9.17, 15) is 4.79 Å². The van der Waals surface area contributed by atoms with Crippen LogP contribution in [0.2, 0.25) is 0 Å². The van der Waals surface area contributed by atoms with Gasteiger partial charge in [0.05, 0.1) is 13.2 Å². The van der Waals surface area contributed by atoms with Crippen molar-refractivity contribution in [1.82, 2.24) is 10.3 Å². The molecule has 5 heteroatoms. The molecule has 1 saturated heterocycles. The van der Waals surface area contributed by atoms with Crippen LogP contribution in [0.15, 0.2) is 30.5 Å². The van der Waals surface area contributed by atoms with E-state index in [0.29, 0.717) is 18.4 Å². The minimum absolute atomic E-state index is 0.172. The van der Waals surface area contributed by atoms with Crippen molar-refractivity contribution in [2.75, 3.05) is 31.2 Å². The lowest BCUT2D eigenvalue weighted by Crippen LogP contribution is -2.36. The standard InChI is InChI=1S/C18H23N3O2/c22-18(16-10-13-1-3-15(16)9-13)20-12-14-2-4-17(19-11-14)21-5-7-23-8-6-21/h1-4,11,13,15-16H,5-10,12H2,(H,20,22)/t13-,15-,16-/m0/s1. The van der Waals surface area contributed by atoms with Crippen LogP contribution in [-0.4, -0.2) is 37.2 Å². The van der Waals surface area contributed by atoms with Gasteiger partial charge in [-0.2, -0.15) is 0 Å². The first kappa shape index (κ1) is 14.7. The Bertz CT molecular complexity index is 593. The molecule has 2 aliphatic carbocycles. The van der Waals surface area contributed by atoms with Crippen LogP contribution in [0.3, 0.4) is 0 Å². The Morgan fingerprint density at radius 1 is 1.26 bits per heavy atom. The lowest BCUT2D eigenvalue weighted by molar-refractivity contribution is -0.125. The van der Waals surface area contributed by atoms with Crippen LogP contribution in [0, 0.1) is 17.8 Å². The zero-order chi connectivity index (χ0) is 15.6. The van der Waals surface area contributed by atoms with E-state index in [1.54, 1.807) is 0 Å². The fourth-order valence-corrected chi connectivity index (χ4v) is 3.90. The Kier molecular flexibility index (Phi) is 4.04. The molecule has 1 saturated carbocycles. The highest BCUT2D eigenvalue weighted by molar-refractivity contribution is 5.80. The number of nitrogens with one attached hydrogen (secondary N) is 1. The van der Waals surface area contributed by atoms with Gasteiger partial charge in [0.15, 0.2) is 0 Å². The Morgan fingerprint density at radius 3 is 2.78 bits per heavy atom. The van der Waals surface area contributed by atoms with Crippen molar-refractivity contribution in [2.45, 2.75) is 19.4 Å². The van der Waals surface area contributed by atoms with Gasteiger partial charge < -0.3 is 15.0 Å². The van der Waals surface area contributed by atoms with E-state index in [4.69, 9.17) is 4.74 Å². The number of carbonyl (C=O) groups is 1. The topological polar surface area (TPSA) is 54.5 Å². The minimum Gasteiger partial charge on any atom is -0.378 e. The summed E-state index contributed by atoms with van der Waals surface area (Å²) in [6.07, 6.45) is 8.53. The van der Waals surface area contributed by atoms with Crippen molar-refractivity contribution in [3.05, 3.63) is 36.0 Å². The molecule has 3 aliphatic rings. The van der Waals surface area contributed by atoms with Crippen LogP contribution in [0.4, 0.5) is 5.82 Å². The number of hydrogen-bond donors (Lipinski definition) is 1. The Labute approximate surface area is 136 Å². The smallest absolute Gasteiger partial charge is 0.223 e. The van der Waals surface area contributed by atoms with Gasteiger partial charge in [-0.15, -0.1) is 0 Å².